The van der Waals surface area contributed by atoms with Gasteiger partial charge in [0, 0.05) is 10.9 Å². The van der Waals surface area contributed by atoms with Crippen molar-refractivity contribution >= 4 is 11.3 Å². The summed E-state index contributed by atoms with van der Waals surface area (Å²) in [6.45, 7) is 0.611. The van der Waals surface area contributed by atoms with Crippen molar-refractivity contribution in [2.24, 2.45) is 0 Å². The van der Waals surface area contributed by atoms with Crippen LogP contribution in [0.1, 0.15) is 4.88 Å². The lowest BCUT2D eigenvalue weighted by atomic mass is 10.5. The van der Waals surface area contributed by atoms with Gasteiger partial charge < -0.3 is 4.74 Å². The number of hydrogen-bond acceptors (Lipinski definition) is 3. The maximum absolute atomic E-state index is 5.38. The van der Waals surface area contributed by atoms with Crippen molar-refractivity contribution in [2.75, 3.05) is 0 Å². The maximum atomic E-state index is 5.38. The third kappa shape index (κ3) is 1.65. The molecule has 0 radical (unpaired) electrons. The molecule has 12 heavy (non-hydrogen) atoms. The first-order valence-electron chi connectivity index (χ1n) is 3.60. The quantitative estimate of drug-likeness (QED) is 0.785. The highest BCUT2D eigenvalue weighted by Gasteiger charge is 1.95. The number of H-pyrrole nitrogens is 1. The summed E-state index contributed by atoms with van der Waals surface area (Å²) in [6, 6.07) is 5.85. The van der Waals surface area contributed by atoms with E-state index in [1.54, 1.807) is 23.6 Å². The van der Waals surface area contributed by atoms with E-state index < -0.39 is 0 Å². The van der Waals surface area contributed by atoms with Gasteiger partial charge in [0.1, 0.15) is 6.61 Å². The third-order valence-electron chi connectivity index (χ3n) is 1.43. The highest BCUT2D eigenvalue weighted by atomic mass is 32.1. The Balaban J connectivity index is 1.91. The zero-order valence-corrected chi connectivity index (χ0v) is 7.17. The Kier molecular flexibility index (Phi) is 2.09. The molecule has 0 aliphatic heterocycles. The van der Waals surface area contributed by atoms with Crippen molar-refractivity contribution in [2.45, 2.75) is 6.61 Å². The Hall–Kier alpha value is -1.29. The zero-order chi connectivity index (χ0) is 8.23. The molecule has 2 aromatic rings. The van der Waals surface area contributed by atoms with Crippen molar-refractivity contribution in [3.05, 3.63) is 34.7 Å². The van der Waals surface area contributed by atoms with Gasteiger partial charge in [-0.15, -0.1) is 11.3 Å². The molecule has 0 saturated heterocycles. The van der Waals surface area contributed by atoms with Gasteiger partial charge in [-0.05, 0) is 11.4 Å². The van der Waals surface area contributed by atoms with Gasteiger partial charge in [-0.25, -0.2) is 5.10 Å². The van der Waals surface area contributed by atoms with E-state index in [9.17, 15) is 0 Å². The van der Waals surface area contributed by atoms with Gasteiger partial charge in [0.25, 0.3) is 0 Å². The second-order valence-corrected chi connectivity index (χ2v) is 3.32. The molecule has 0 aromatic carbocycles. The van der Waals surface area contributed by atoms with Crippen LogP contribution < -0.4 is 4.74 Å². The van der Waals surface area contributed by atoms with Crippen LogP contribution in [0.4, 0.5) is 0 Å². The van der Waals surface area contributed by atoms with E-state index in [0.717, 1.165) is 0 Å². The van der Waals surface area contributed by atoms with Crippen LogP contribution in [-0.2, 0) is 6.61 Å². The van der Waals surface area contributed by atoms with Crippen LogP contribution in [-0.4, -0.2) is 10.2 Å². The van der Waals surface area contributed by atoms with Crippen molar-refractivity contribution < 1.29 is 4.74 Å². The molecule has 4 heteroatoms. The Morgan fingerprint density at radius 1 is 1.50 bits per heavy atom. The van der Waals surface area contributed by atoms with E-state index in [4.69, 9.17) is 4.74 Å². The van der Waals surface area contributed by atoms with Crippen molar-refractivity contribution in [3.63, 3.8) is 0 Å². The first kappa shape index (κ1) is 7.36. The minimum Gasteiger partial charge on any atom is -0.472 e. The van der Waals surface area contributed by atoms with Gasteiger partial charge >= 0.3 is 0 Å². The van der Waals surface area contributed by atoms with Gasteiger partial charge in [-0.3, -0.25) is 0 Å². The molecule has 2 heterocycles. The summed E-state index contributed by atoms with van der Waals surface area (Å²) in [7, 11) is 0. The number of ether oxygens (including phenoxy) is 1. The summed E-state index contributed by atoms with van der Waals surface area (Å²) >= 11 is 1.69. The summed E-state index contributed by atoms with van der Waals surface area (Å²) in [5.74, 6) is 0.711. The number of nitrogens with zero attached hydrogens (tertiary/aromatic N) is 1. The van der Waals surface area contributed by atoms with Crippen LogP contribution >= 0.6 is 11.3 Å². The van der Waals surface area contributed by atoms with E-state index in [1.807, 2.05) is 17.5 Å². The van der Waals surface area contributed by atoms with Gasteiger partial charge in [-0.2, -0.15) is 5.10 Å². The zero-order valence-electron chi connectivity index (χ0n) is 6.36. The fourth-order valence-corrected chi connectivity index (χ4v) is 1.48. The average molecular weight is 180 g/mol. The van der Waals surface area contributed by atoms with Crippen LogP contribution in [0.25, 0.3) is 0 Å². The predicted octanol–water partition coefficient (Wildman–Crippen LogP) is 2.05. The molecule has 0 atom stereocenters. The highest BCUT2D eigenvalue weighted by Crippen LogP contribution is 2.11. The number of rotatable bonds is 3. The first-order valence-corrected chi connectivity index (χ1v) is 4.47. The fourth-order valence-electron chi connectivity index (χ4n) is 0.867. The van der Waals surface area contributed by atoms with E-state index in [-0.39, 0.29) is 0 Å². The number of thiophene rings is 1. The molecule has 1 N–H and O–H groups in total. The molecule has 0 fully saturated rings. The molecule has 0 aliphatic rings. The number of nitrogens with one attached hydrogen (secondary N) is 1. The number of hydrogen-bond donors (Lipinski definition) is 1. The van der Waals surface area contributed by atoms with Crippen LogP contribution in [0, 0.1) is 0 Å². The monoisotopic (exact) mass is 180 g/mol. The van der Waals surface area contributed by atoms with E-state index in [2.05, 4.69) is 10.2 Å². The van der Waals surface area contributed by atoms with Crippen LogP contribution in [0.2, 0.25) is 0 Å². The third-order valence-corrected chi connectivity index (χ3v) is 2.28. The standard InChI is InChI=1S/C8H8N2OS/c1-2-7(12-5-1)6-11-8-3-4-9-10-8/h1-5H,6H2,(H,9,10). The van der Waals surface area contributed by atoms with Gasteiger partial charge in [0.2, 0.25) is 5.88 Å². The summed E-state index contributed by atoms with van der Waals surface area (Å²) in [6.07, 6.45) is 1.67. The summed E-state index contributed by atoms with van der Waals surface area (Å²) < 4.78 is 5.38. The lowest BCUT2D eigenvalue weighted by Gasteiger charge is -1.98. The van der Waals surface area contributed by atoms with E-state index >= 15 is 0 Å². The van der Waals surface area contributed by atoms with Crippen LogP contribution in [0.15, 0.2) is 29.8 Å². The smallest absolute Gasteiger partial charge is 0.209 e. The maximum Gasteiger partial charge on any atom is 0.209 e. The van der Waals surface area contributed by atoms with Crippen LogP contribution in [0.3, 0.4) is 0 Å². The Morgan fingerprint density at radius 2 is 2.50 bits per heavy atom. The molecule has 2 rings (SSSR count). The molecule has 0 spiro atoms. The summed E-state index contributed by atoms with van der Waals surface area (Å²) in [5, 5.41) is 8.54. The first-order chi connectivity index (χ1) is 5.95. The summed E-state index contributed by atoms with van der Waals surface area (Å²) in [4.78, 5) is 1.21. The van der Waals surface area contributed by atoms with Gasteiger partial charge in [-0.1, -0.05) is 6.07 Å². The van der Waals surface area contributed by atoms with Gasteiger partial charge in [0.15, 0.2) is 0 Å². The molecule has 0 amide bonds. The van der Waals surface area contributed by atoms with E-state index in [0.29, 0.717) is 12.5 Å². The number of aromatic amines is 1. The summed E-state index contributed by atoms with van der Waals surface area (Å²) in [5.41, 5.74) is 0. The normalized spacial score (nSPS) is 10.0. The molecular formula is C8H8N2OS. The van der Waals surface area contributed by atoms with Crippen molar-refractivity contribution in [1.29, 1.82) is 0 Å². The molecule has 2 aromatic heterocycles. The Bertz CT molecular complexity index is 280. The average Bonchev–Trinajstić information content (AvgIpc) is 2.74. The number of aromatic nitrogens is 2. The van der Waals surface area contributed by atoms with Crippen molar-refractivity contribution in [3.8, 4) is 5.88 Å². The second-order valence-electron chi connectivity index (χ2n) is 2.29. The lowest BCUT2D eigenvalue weighted by molar-refractivity contribution is 0.297. The minimum atomic E-state index is 0.611. The topological polar surface area (TPSA) is 37.9 Å². The predicted molar refractivity (Wildman–Crippen MR) is 47.2 cm³/mol. The molecule has 62 valence electrons. The van der Waals surface area contributed by atoms with Crippen molar-refractivity contribution in [1.82, 2.24) is 10.2 Å². The van der Waals surface area contributed by atoms with E-state index in [1.165, 1.54) is 4.88 Å². The lowest BCUT2D eigenvalue weighted by Crippen LogP contribution is -1.92. The van der Waals surface area contributed by atoms with Crippen LogP contribution in [0.5, 0.6) is 5.88 Å². The molecule has 0 bridgehead atoms. The molecular weight excluding hydrogens is 172 g/mol. The van der Waals surface area contributed by atoms with Gasteiger partial charge in [0.05, 0.1) is 6.20 Å². The molecule has 3 nitrogen and oxygen atoms in total. The largest absolute Gasteiger partial charge is 0.472 e. The second kappa shape index (κ2) is 3.40. The minimum absolute atomic E-state index is 0.611. The molecule has 0 aliphatic carbocycles. The molecule has 0 saturated carbocycles. The Morgan fingerprint density at radius 3 is 3.17 bits per heavy atom. The highest BCUT2D eigenvalue weighted by molar-refractivity contribution is 7.09. The Labute approximate surface area is 74.0 Å². The fraction of sp³-hybridized carbons (Fsp3) is 0.125. The molecule has 0 unspecified atom stereocenters. The SMILES string of the molecule is c1csc(COc2ccn[nH]2)c1.